The highest BCUT2D eigenvalue weighted by molar-refractivity contribution is 8.15. The van der Waals surface area contributed by atoms with E-state index in [1.807, 2.05) is 24.3 Å². The Bertz CT molecular complexity index is 689. The fraction of sp³-hybridized carbons (Fsp3) is 0.0714. The van der Waals surface area contributed by atoms with Gasteiger partial charge in [-0.3, -0.25) is 4.79 Å². The number of hydrogen-bond acceptors (Lipinski definition) is 4. The van der Waals surface area contributed by atoms with Gasteiger partial charge in [0.1, 0.15) is 0 Å². The molecular weight excluding hydrogens is 258 g/mol. The number of carbonyl (C=O) groups excluding carboxylic acids is 1. The second-order valence-electron chi connectivity index (χ2n) is 4.05. The van der Waals surface area contributed by atoms with E-state index in [4.69, 9.17) is 0 Å². The lowest BCUT2D eigenvalue weighted by molar-refractivity contribution is -0.116. The molecule has 0 bridgehead atoms. The maximum absolute atomic E-state index is 11.0. The number of fused-ring (bicyclic) bond motifs is 1. The molecule has 0 saturated carbocycles. The molecule has 1 aliphatic rings. The van der Waals surface area contributed by atoms with Gasteiger partial charge < -0.3 is 5.32 Å². The Labute approximate surface area is 114 Å². The van der Waals surface area contributed by atoms with Crippen LogP contribution in [0.1, 0.15) is 5.56 Å². The molecule has 1 amide bonds. The number of hydrogen-bond donors (Lipinski definition) is 1. The van der Waals surface area contributed by atoms with Crippen LogP contribution in [-0.4, -0.2) is 23.0 Å². The number of rotatable bonds is 2. The van der Waals surface area contributed by atoms with Crippen LogP contribution in [0.4, 0.5) is 0 Å². The monoisotopic (exact) mass is 269 g/mol. The Morgan fingerprint density at radius 3 is 2.84 bits per heavy atom. The molecule has 94 valence electrons. The number of nitrogens with one attached hydrogen (secondary N) is 1. The lowest BCUT2D eigenvalue weighted by atomic mass is 10.1. The third-order valence-corrected chi connectivity index (χ3v) is 3.62. The van der Waals surface area contributed by atoms with Gasteiger partial charge in [-0.05, 0) is 10.8 Å². The van der Waals surface area contributed by atoms with Crippen LogP contribution in [0.2, 0.25) is 0 Å². The maximum Gasteiger partial charge on any atom is 0.236 e. The summed E-state index contributed by atoms with van der Waals surface area (Å²) < 4.78 is 0. The van der Waals surface area contributed by atoms with Crippen molar-refractivity contribution in [2.75, 3.05) is 5.75 Å². The molecule has 0 atom stereocenters. The fourth-order valence-electron chi connectivity index (χ4n) is 1.89. The molecule has 0 spiro atoms. The Hall–Kier alpha value is -2.14. The molecule has 0 unspecified atom stereocenters. The molecule has 0 radical (unpaired) electrons. The summed E-state index contributed by atoms with van der Waals surface area (Å²) in [6.07, 6.45) is 1.71. The zero-order chi connectivity index (χ0) is 13.1. The van der Waals surface area contributed by atoms with Crippen LogP contribution >= 0.6 is 11.8 Å². The highest BCUT2D eigenvalue weighted by atomic mass is 32.2. The second kappa shape index (κ2) is 5.24. The molecule has 1 N–H and O–H groups in total. The highest BCUT2D eigenvalue weighted by Gasteiger charge is 2.15. The van der Waals surface area contributed by atoms with Crippen LogP contribution in [0.3, 0.4) is 0 Å². The summed E-state index contributed by atoms with van der Waals surface area (Å²) in [5.41, 5.74) is 1.01. The van der Waals surface area contributed by atoms with Gasteiger partial charge in [-0.2, -0.15) is 5.10 Å². The topological polar surface area (TPSA) is 53.8 Å². The van der Waals surface area contributed by atoms with Gasteiger partial charge in [0.15, 0.2) is 5.17 Å². The molecule has 1 saturated heterocycles. The van der Waals surface area contributed by atoms with E-state index in [2.05, 4.69) is 33.7 Å². The predicted molar refractivity (Wildman–Crippen MR) is 79.6 cm³/mol. The standard InChI is InChI=1S/C14H11N3OS/c18-13-9-19-14(16-13)17-15-8-11-6-3-5-10-4-1-2-7-12(10)11/h1-8H,9H2,(H,16,17,18)/b15-8-. The summed E-state index contributed by atoms with van der Waals surface area (Å²) >= 11 is 1.36. The van der Waals surface area contributed by atoms with Gasteiger partial charge in [0.05, 0.1) is 12.0 Å². The van der Waals surface area contributed by atoms with Crippen molar-refractivity contribution in [1.82, 2.24) is 5.32 Å². The van der Waals surface area contributed by atoms with Crippen molar-refractivity contribution in [1.29, 1.82) is 0 Å². The van der Waals surface area contributed by atoms with Gasteiger partial charge >= 0.3 is 0 Å². The number of nitrogens with zero attached hydrogens (tertiary/aromatic N) is 2. The molecule has 1 aliphatic heterocycles. The van der Waals surface area contributed by atoms with E-state index in [0.717, 1.165) is 10.9 Å². The summed E-state index contributed by atoms with van der Waals surface area (Å²) in [5.74, 6) is 0.395. The first-order valence-corrected chi connectivity index (χ1v) is 6.83. The van der Waals surface area contributed by atoms with Gasteiger partial charge in [-0.15, -0.1) is 5.10 Å². The fourth-order valence-corrected chi connectivity index (χ4v) is 2.52. The molecule has 5 heteroatoms. The largest absolute Gasteiger partial charge is 0.303 e. The van der Waals surface area contributed by atoms with Crippen molar-refractivity contribution in [3.8, 4) is 0 Å². The molecule has 0 aliphatic carbocycles. The Kier molecular flexibility index (Phi) is 3.29. The average Bonchev–Trinajstić information content (AvgIpc) is 2.85. The molecule has 3 rings (SSSR count). The van der Waals surface area contributed by atoms with Crippen LogP contribution in [0.15, 0.2) is 52.7 Å². The van der Waals surface area contributed by atoms with Crippen molar-refractivity contribution in [2.24, 2.45) is 10.2 Å². The normalized spacial score (nSPS) is 17.5. The minimum atomic E-state index is -0.0240. The number of carbonyl (C=O) groups is 1. The molecule has 0 aromatic heterocycles. The number of thioether (sulfide) groups is 1. The van der Waals surface area contributed by atoms with E-state index in [-0.39, 0.29) is 5.91 Å². The highest BCUT2D eigenvalue weighted by Crippen LogP contribution is 2.17. The van der Waals surface area contributed by atoms with E-state index < -0.39 is 0 Å². The summed E-state index contributed by atoms with van der Waals surface area (Å²) in [6.45, 7) is 0. The van der Waals surface area contributed by atoms with Gasteiger partial charge in [0, 0.05) is 5.56 Å². The molecule has 2 aromatic carbocycles. The van der Waals surface area contributed by atoms with Crippen LogP contribution in [0.25, 0.3) is 10.8 Å². The zero-order valence-corrected chi connectivity index (χ0v) is 10.9. The predicted octanol–water partition coefficient (Wildman–Crippen LogP) is 2.39. The molecule has 1 heterocycles. The molecule has 1 fully saturated rings. The Balaban J connectivity index is 1.87. The van der Waals surface area contributed by atoms with E-state index in [0.29, 0.717) is 10.9 Å². The van der Waals surface area contributed by atoms with Gasteiger partial charge in [0.2, 0.25) is 5.91 Å². The summed E-state index contributed by atoms with van der Waals surface area (Å²) in [5, 5.41) is 13.5. The van der Waals surface area contributed by atoms with Crippen molar-refractivity contribution < 1.29 is 4.79 Å². The van der Waals surface area contributed by atoms with Crippen LogP contribution in [-0.2, 0) is 4.79 Å². The first-order chi connectivity index (χ1) is 9.33. The summed E-state index contributed by atoms with van der Waals surface area (Å²) in [7, 11) is 0. The van der Waals surface area contributed by atoms with Crippen LogP contribution < -0.4 is 5.32 Å². The van der Waals surface area contributed by atoms with Gasteiger partial charge in [-0.1, -0.05) is 54.2 Å². The molecule has 19 heavy (non-hydrogen) atoms. The second-order valence-corrected chi connectivity index (χ2v) is 5.02. The first-order valence-electron chi connectivity index (χ1n) is 5.84. The van der Waals surface area contributed by atoms with Gasteiger partial charge in [-0.25, -0.2) is 0 Å². The van der Waals surface area contributed by atoms with E-state index >= 15 is 0 Å². The molecule has 2 aromatic rings. The third kappa shape index (κ3) is 2.66. The van der Waals surface area contributed by atoms with Crippen LogP contribution in [0.5, 0.6) is 0 Å². The molecule has 4 nitrogen and oxygen atoms in total. The zero-order valence-electron chi connectivity index (χ0n) is 10.0. The summed E-state index contributed by atoms with van der Waals surface area (Å²) in [4.78, 5) is 11.0. The quantitative estimate of drug-likeness (QED) is 0.672. The van der Waals surface area contributed by atoms with Crippen molar-refractivity contribution in [3.05, 3.63) is 48.0 Å². The lowest BCUT2D eigenvalue weighted by Gasteiger charge is -2.00. The minimum absolute atomic E-state index is 0.0240. The minimum Gasteiger partial charge on any atom is -0.303 e. The number of amides is 1. The smallest absolute Gasteiger partial charge is 0.236 e. The van der Waals surface area contributed by atoms with Crippen molar-refractivity contribution in [3.63, 3.8) is 0 Å². The Morgan fingerprint density at radius 1 is 1.16 bits per heavy atom. The van der Waals surface area contributed by atoms with E-state index in [1.165, 1.54) is 17.1 Å². The Morgan fingerprint density at radius 2 is 2.00 bits per heavy atom. The van der Waals surface area contributed by atoms with Crippen molar-refractivity contribution in [2.45, 2.75) is 0 Å². The third-order valence-electron chi connectivity index (χ3n) is 2.76. The van der Waals surface area contributed by atoms with Gasteiger partial charge in [0.25, 0.3) is 0 Å². The molecular formula is C14H11N3OS. The van der Waals surface area contributed by atoms with Crippen molar-refractivity contribution >= 4 is 39.8 Å². The number of benzene rings is 2. The lowest BCUT2D eigenvalue weighted by Crippen LogP contribution is -2.19. The van der Waals surface area contributed by atoms with E-state index in [9.17, 15) is 4.79 Å². The SMILES string of the molecule is O=C1CSC(=N/N=C\c2cccc3ccccc23)N1. The van der Waals surface area contributed by atoms with Crippen LogP contribution in [0, 0.1) is 0 Å². The van der Waals surface area contributed by atoms with E-state index in [1.54, 1.807) is 6.21 Å². The first kappa shape index (κ1) is 11.9. The average molecular weight is 269 g/mol. The maximum atomic E-state index is 11.0. The summed E-state index contributed by atoms with van der Waals surface area (Å²) in [6, 6.07) is 14.2. The number of amidine groups is 1.